The number of halogens is 2. The number of ether oxygens (including phenoxy) is 1. The number of thioether (sulfide) groups is 1. The van der Waals surface area contributed by atoms with Crippen LogP contribution in [0.15, 0.2) is 53.9 Å². The number of hydrogen-bond donors (Lipinski definition) is 0. The minimum atomic E-state index is -0.193. The van der Waals surface area contributed by atoms with Crippen molar-refractivity contribution in [1.82, 2.24) is 0 Å². The topological polar surface area (TPSA) is 29.5 Å². The van der Waals surface area contributed by atoms with Gasteiger partial charge in [-0.25, -0.2) is 0 Å². The Labute approximate surface area is 159 Å². The standard InChI is InChI=1S/C17H11Cl2NO2S2/c1-10-16(21)20(17(23)24-10)11-5-7-12(8-6-11)22-9-13-14(18)3-2-4-15(13)19/h2-8H,1,9H2. The van der Waals surface area contributed by atoms with E-state index in [1.807, 2.05) is 0 Å². The summed E-state index contributed by atoms with van der Waals surface area (Å²) < 4.78 is 6.19. The van der Waals surface area contributed by atoms with Crippen molar-refractivity contribution in [3.8, 4) is 5.75 Å². The summed E-state index contributed by atoms with van der Waals surface area (Å²) in [6, 6.07) is 12.4. The second-order valence-corrected chi connectivity index (χ2v) is 7.46. The molecular formula is C17H11Cl2NO2S2. The van der Waals surface area contributed by atoms with Crippen LogP contribution in [-0.2, 0) is 11.4 Å². The molecule has 2 aromatic carbocycles. The highest BCUT2D eigenvalue weighted by Gasteiger charge is 2.31. The molecular weight excluding hydrogens is 385 g/mol. The third-order valence-corrected chi connectivity index (χ3v) is 5.29. The van der Waals surface area contributed by atoms with E-state index in [0.717, 1.165) is 5.56 Å². The maximum atomic E-state index is 12.0. The first kappa shape index (κ1) is 17.3. The molecule has 122 valence electrons. The smallest absolute Gasteiger partial charge is 0.270 e. The lowest BCUT2D eigenvalue weighted by atomic mass is 10.2. The highest BCUT2D eigenvalue weighted by Crippen LogP contribution is 2.34. The SMILES string of the molecule is C=C1SC(=S)N(c2ccc(OCc3c(Cl)cccc3Cl)cc2)C1=O. The maximum Gasteiger partial charge on any atom is 0.270 e. The van der Waals surface area contributed by atoms with Gasteiger partial charge in [0.15, 0.2) is 4.32 Å². The Morgan fingerprint density at radius 3 is 2.29 bits per heavy atom. The van der Waals surface area contributed by atoms with Crippen molar-refractivity contribution in [2.24, 2.45) is 0 Å². The Balaban J connectivity index is 1.73. The van der Waals surface area contributed by atoms with E-state index in [-0.39, 0.29) is 12.5 Å². The molecule has 1 aliphatic heterocycles. The summed E-state index contributed by atoms with van der Waals surface area (Å²) in [7, 11) is 0. The normalized spacial score (nSPS) is 14.4. The van der Waals surface area contributed by atoms with E-state index in [1.54, 1.807) is 42.5 Å². The number of carbonyl (C=O) groups is 1. The zero-order valence-electron chi connectivity index (χ0n) is 12.3. The summed E-state index contributed by atoms with van der Waals surface area (Å²) in [5.74, 6) is 0.445. The fourth-order valence-electron chi connectivity index (χ4n) is 2.14. The molecule has 1 aliphatic rings. The second kappa shape index (κ2) is 7.15. The van der Waals surface area contributed by atoms with Crippen LogP contribution in [0.2, 0.25) is 10.0 Å². The van der Waals surface area contributed by atoms with Crippen LogP contribution in [0.3, 0.4) is 0 Å². The van der Waals surface area contributed by atoms with Gasteiger partial charge in [-0.3, -0.25) is 9.69 Å². The fraction of sp³-hybridized carbons (Fsp3) is 0.0588. The van der Waals surface area contributed by atoms with Crippen molar-refractivity contribution in [3.05, 3.63) is 69.6 Å². The first-order valence-electron chi connectivity index (χ1n) is 6.88. The average Bonchev–Trinajstić information content (AvgIpc) is 2.80. The summed E-state index contributed by atoms with van der Waals surface area (Å²) in [6.07, 6.45) is 0. The molecule has 0 bridgehead atoms. The molecule has 3 rings (SSSR count). The molecule has 0 atom stereocenters. The Kier molecular flexibility index (Phi) is 5.15. The van der Waals surface area contributed by atoms with E-state index >= 15 is 0 Å². The van der Waals surface area contributed by atoms with Gasteiger partial charge in [-0.05, 0) is 36.4 Å². The molecule has 0 aliphatic carbocycles. The monoisotopic (exact) mass is 395 g/mol. The molecule has 3 nitrogen and oxygen atoms in total. The largest absolute Gasteiger partial charge is 0.489 e. The summed E-state index contributed by atoms with van der Waals surface area (Å²) in [4.78, 5) is 13.9. The van der Waals surface area contributed by atoms with Gasteiger partial charge in [0, 0.05) is 15.6 Å². The van der Waals surface area contributed by atoms with Crippen molar-refractivity contribution in [2.45, 2.75) is 6.61 Å². The zero-order valence-corrected chi connectivity index (χ0v) is 15.4. The van der Waals surface area contributed by atoms with E-state index < -0.39 is 0 Å². The van der Waals surface area contributed by atoms with Crippen molar-refractivity contribution in [1.29, 1.82) is 0 Å². The molecule has 24 heavy (non-hydrogen) atoms. The average molecular weight is 396 g/mol. The van der Waals surface area contributed by atoms with Crippen molar-refractivity contribution >= 4 is 63.1 Å². The number of benzene rings is 2. The van der Waals surface area contributed by atoms with E-state index in [4.69, 9.17) is 40.2 Å². The van der Waals surface area contributed by atoms with E-state index in [0.29, 0.717) is 30.7 Å². The van der Waals surface area contributed by atoms with Crippen LogP contribution in [0, 0.1) is 0 Å². The zero-order chi connectivity index (χ0) is 17.3. The highest BCUT2D eigenvalue weighted by molar-refractivity contribution is 8.27. The number of amides is 1. The summed E-state index contributed by atoms with van der Waals surface area (Å²) in [5.41, 5.74) is 1.41. The van der Waals surface area contributed by atoms with Crippen LogP contribution in [-0.4, -0.2) is 10.2 Å². The van der Waals surface area contributed by atoms with Gasteiger partial charge in [0.1, 0.15) is 12.4 Å². The van der Waals surface area contributed by atoms with Crippen molar-refractivity contribution in [3.63, 3.8) is 0 Å². The molecule has 0 aromatic heterocycles. The molecule has 0 saturated carbocycles. The minimum absolute atomic E-state index is 0.193. The van der Waals surface area contributed by atoms with E-state index in [2.05, 4.69) is 6.58 Å². The molecule has 7 heteroatoms. The van der Waals surface area contributed by atoms with Crippen LogP contribution in [0.5, 0.6) is 5.75 Å². The van der Waals surface area contributed by atoms with Crippen molar-refractivity contribution < 1.29 is 9.53 Å². The van der Waals surface area contributed by atoms with Gasteiger partial charge >= 0.3 is 0 Å². The van der Waals surface area contributed by atoms with Crippen LogP contribution in [0.1, 0.15) is 5.56 Å². The minimum Gasteiger partial charge on any atom is -0.489 e. The maximum absolute atomic E-state index is 12.0. The molecule has 2 aromatic rings. The number of rotatable bonds is 4. The lowest BCUT2D eigenvalue weighted by molar-refractivity contribution is -0.113. The molecule has 1 amide bonds. The quantitative estimate of drug-likeness (QED) is 0.508. The van der Waals surface area contributed by atoms with Gasteiger partial charge in [0.2, 0.25) is 0 Å². The highest BCUT2D eigenvalue weighted by atomic mass is 35.5. The molecule has 0 N–H and O–H groups in total. The first-order chi connectivity index (χ1) is 11.5. The lowest BCUT2D eigenvalue weighted by Gasteiger charge is -2.15. The fourth-order valence-corrected chi connectivity index (χ4v) is 3.81. The van der Waals surface area contributed by atoms with Crippen molar-refractivity contribution in [2.75, 3.05) is 4.90 Å². The molecule has 0 unspecified atom stereocenters. The lowest BCUT2D eigenvalue weighted by Crippen LogP contribution is -2.27. The predicted octanol–water partition coefficient (Wildman–Crippen LogP) is 5.45. The Morgan fingerprint density at radius 2 is 1.75 bits per heavy atom. The summed E-state index contributed by atoms with van der Waals surface area (Å²) in [6.45, 7) is 3.95. The van der Waals surface area contributed by atoms with Crippen LogP contribution in [0.4, 0.5) is 5.69 Å². The Morgan fingerprint density at radius 1 is 1.12 bits per heavy atom. The first-order valence-corrected chi connectivity index (χ1v) is 8.86. The number of nitrogens with zero attached hydrogens (tertiary/aromatic N) is 1. The summed E-state index contributed by atoms with van der Waals surface area (Å²) >= 11 is 18.6. The van der Waals surface area contributed by atoms with Crippen LogP contribution >= 0.6 is 47.2 Å². The molecule has 1 saturated heterocycles. The number of carbonyl (C=O) groups excluding carboxylic acids is 1. The third-order valence-electron chi connectivity index (χ3n) is 3.37. The Hall–Kier alpha value is -1.53. The van der Waals surface area contributed by atoms with Crippen LogP contribution in [0.25, 0.3) is 0 Å². The number of hydrogen-bond acceptors (Lipinski definition) is 4. The third kappa shape index (κ3) is 3.44. The van der Waals surface area contributed by atoms with Gasteiger partial charge in [0.25, 0.3) is 5.91 Å². The number of thiocarbonyl (C=S) groups is 1. The molecule has 0 radical (unpaired) electrons. The van der Waals surface area contributed by atoms with Crippen LogP contribution < -0.4 is 9.64 Å². The van der Waals surface area contributed by atoms with Gasteiger partial charge in [-0.1, -0.05) is 59.8 Å². The van der Waals surface area contributed by atoms with Gasteiger partial charge in [-0.2, -0.15) is 0 Å². The predicted molar refractivity (Wildman–Crippen MR) is 104 cm³/mol. The van der Waals surface area contributed by atoms with Gasteiger partial charge < -0.3 is 4.74 Å². The van der Waals surface area contributed by atoms with Gasteiger partial charge in [-0.15, -0.1) is 0 Å². The Bertz CT molecular complexity index is 817. The molecule has 0 spiro atoms. The second-order valence-electron chi connectivity index (χ2n) is 4.91. The molecule has 1 heterocycles. The summed E-state index contributed by atoms with van der Waals surface area (Å²) in [5, 5.41) is 1.12. The van der Waals surface area contributed by atoms with E-state index in [9.17, 15) is 4.79 Å². The van der Waals surface area contributed by atoms with Gasteiger partial charge in [0.05, 0.1) is 10.6 Å². The van der Waals surface area contributed by atoms with E-state index in [1.165, 1.54) is 16.7 Å². The number of anilines is 1. The molecule has 1 fully saturated rings.